The highest BCUT2D eigenvalue weighted by molar-refractivity contribution is 5.74. The number of hydrogen-bond donors (Lipinski definition) is 4. The zero-order valence-electron chi connectivity index (χ0n) is 11.8. The quantitative estimate of drug-likeness (QED) is 0.554. The predicted molar refractivity (Wildman–Crippen MR) is 70.8 cm³/mol. The van der Waals surface area contributed by atoms with Crippen LogP contribution in [0.4, 0.5) is 4.79 Å². The lowest BCUT2D eigenvalue weighted by Gasteiger charge is -2.23. The Morgan fingerprint density at radius 1 is 1.32 bits per heavy atom. The van der Waals surface area contributed by atoms with Crippen molar-refractivity contribution in [1.82, 2.24) is 10.6 Å². The Hall–Kier alpha value is -1.30. The van der Waals surface area contributed by atoms with E-state index in [0.29, 0.717) is 12.5 Å². The highest BCUT2D eigenvalue weighted by atomic mass is 16.4. The van der Waals surface area contributed by atoms with Crippen LogP contribution in [0, 0.1) is 11.3 Å². The van der Waals surface area contributed by atoms with Crippen LogP contribution in [0.3, 0.4) is 0 Å². The van der Waals surface area contributed by atoms with Gasteiger partial charge in [-0.05, 0) is 31.1 Å². The smallest absolute Gasteiger partial charge is 0.314 e. The molecule has 1 unspecified atom stereocenters. The summed E-state index contributed by atoms with van der Waals surface area (Å²) < 4.78 is 0. The first-order valence-electron chi connectivity index (χ1n) is 6.63. The maximum absolute atomic E-state index is 11.6. The standard InChI is InChI=1S/C13H24N2O4/c1-9(2)13(4-5-13)8-15-11(18)14-7-12(3,19)6-10(16)17/h9,19H,4-8H2,1-3H3,(H,16,17)(H2,14,15,18). The average molecular weight is 272 g/mol. The molecule has 1 fully saturated rings. The number of aliphatic hydroxyl groups is 1. The van der Waals surface area contributed by atoms with E-state index >= 15 is 0 Å². The van der Waals surface area contributed by atoms with Crippen molar-refractivity contribution in [2.24, 2.45) is 11.3 Å². The number of carbonyl (C=O) groups excluding carboxylic acids is 1. The molecule has 0 spiro atoms. The summed E-state index contributed by atoms with van der Waals surface area (Å²) in [7, 11) is 0. The van der Waals surface area contributed by atoms with Gasteiger partial charge in [-0.1, -0.05) is 13.8 Å². The molecule has 1 saturated carbocycles. The van der Waals surface area contributed by atoms with Gasteiger partial charge in [-0.2, -0.15) is 0 Å². The van der Waals surface area contributed by atoms with Crippen LogP contribution in [0.15, 0.2) is 0 Å². The third kappa shape index (κ3) is 5.06. The molecule has 4 N–H and O–H groups in total. The molecule has 19 heavy (non-hydrogen) atoms. The molecule has 1 aliphatic rings. The van der Waals surface area contributed by atoms with E-state index in [1.165, 1.54) is 6.92 Å². The van der Waals surface area contributed by atoms with Crippen molar-refractivity contribution in [2.45, 2.75) is 45.6 Å². The fraction of sp³-hybridized carbons (Fsp3) is 0.846. The van der Waals surface area contributed by atoms with Gasteiger partial charge in [0.2, 0.25) is 0 Å². The summed E-state index contributed by atoms with van der Waals surface area (Å²) in [5.41, 5.74) is -1.21. The Morgan fingerprint density at radius 2 is 1.89 bits per heavy atom. The molecule has 1 atom stereocenters. The van der Waals surface area contributed by atoms with Gasteiger partial charge < -0.3 is 20.8 Å². The van der Waals surface area contributed by atoms with Crippen LogP contribution in [0.5, 0.6) is 0 Å². The summed E-state index contributed by atoms with van der Waals surface area (Å²) in [6, 6.07) is -0.363. The van der Waals surface area contributed by atoms with Crippen LogP contribution in [0.2, 0.25) is 0 Å². The van der Waals surface area contributed by atoms with Crippen molar-refractivity contribution in [3.63, 3.8) is 0 Å². The number of nitrogens with one attached hydrogen (secondary N) is 2. The first-order chi connectivity index (χ1) is 8.67. The number of carbonyl (C=O) groups is 2. The summed E-state index contributed by atoms with van der Waals surface area (Å²) in [5.74, 6) is -0.563. The van der Waals surface area contributed by atoms with E-state index < -0.39 is 18.0 Å². The number of urea groups is 1. The van der Waals surface area contributed by atoms with E-state index in [0.717, 1.165) is 12.8 Å². The highest BCUT2D eigenvalue weighted by Crippen LogP contribution is 2.51. The number of rotatable bonds is 7. The Bertz CT molecular complexity index is 349. The minimum Gasteiger partial charge on any atom is -0.481 e. The Morgan fingerprint density at radius 3 is 2.32 bits per heavy atom. The molecule has 1 aliphatic carbocycles. The molecular formula is C13H24N2O4. The van der Waals surface area contributed by atoms with Crippen molar-refractivity contribution < 1.29 is 19.8 Å². The molecular weight excluding hydrogens is 248 g/mol. The van der Waals surface area contributed by atoms with Gasteiger partial charge in [-0.15, -0.1) is 0 Å². The van der Waals surface area contributed by atoms with E-state index in [2.05, 4.69) is 24.5 Å². The lowest BCUT2D eigenvalue weighted by atomic mass is 9.92. The highest BCUT2D eigenvalue weighted by Gasteiger charge is 2.45. The van der Waals surface area contributed by atoms with Gasteiger partial charge >= 0.3 is 12.0 Å². The SMILES string of the molecule is CC(C)C1(CNC(=O)NCC(C)(O)CC(=O)O)CC1. The van der Waals surface area contributed by atoms with E-state index in [1.807, 2.05) is 0 Å². The van der Waals surface area contributed by atoms with E-state index in [1.54, 1.807) is 0 Å². The van der Waals surface area contributed by atoms with Gasteiger partial charge in [0.15, 0.2) is 0 Å². The largest absolute Gasteiger partial charge is 0.481 e. The molecule has 110 valence electrons. The summed E-state index contributed by atoms with van der Waals surface area (Å²) in [6.45, 7) is 6.21. The van der Waals surface area contributed by atoms with Crippen LogP contribution in [-0.4, -0.2) is 40.9 Å². The fourth-order valence-electron chi connectivity index (χ4n) is 2.10. The lowest BCUT2D eigenvalue weighted by Crippen LogP contribution is -2.47. The van der Waals surface area contributed by atoms with Crippen molar-refractivity contribution in [2.75, 3.05) is 13.1 Å². The topological polar surface area (TPSA) is 98.7 Å². The minimum atomic E-state index is -1.43. The normalized spacial score (nSPS) is 19.6. The van der Waals surface area contributed by atoms with Gasteiger partial charge in [-0.3, -0.25) is 4.79 Å². The van der Waals surface area contributed by atoms with Crippen molar-refractivity contribution in [3.8, 4) is 0 Å². The number of aliphatic carboxylic acids is 1. The van der Waals surface area contributed by atoms with Gasteiger partial charge in [-0.25, -0.2) is 4.79 Å². The van der Waals surface area contributed by atoms with Crippen LogP contribution in [0.25, 0.3) is 0 Å². The van der Waals surface area contributed by atoms with Crippen LogP contribution in [0.1, 0.15) is 40.0 Å². The van der Waals surface area contributed by atoms with E-state index in [-0.39, 0.29) is 18.0 Å². The zero-order valence-corrected chi connectivity index (χ0v) is 11.8. The van der Waals surface area contributed by atoms with Crippen molar-refractivity contribution in [1.29, 1.82) is 0 Å². The van der Waals surface area contributed by atoms with Gasteiger partial charge in [0.05, 0.1) is 12.0 Å². The summed E-state index contributed by atoms with van der Waals surface area (Å²) >= 11 is 0. The van der Waals surface area contributed by atoms with Gasteiger partial charge in [0.25, 0.3) is 0 Å². The minimum absolute atomic E-state index is 0.0835. The maximum Gasteiger partial charge on any atom is 0.314 e. The number of hydrogen-bond acceptors (Lipinski definition) is 3. The molecule has 2 amide bonds. The molecule has 6 heteroatoms. The zero-order chi connectivity index (χ0) is 14.7. The lowest BCUT2D eigenvalue weighted by molar-refractivity contribution is -0.141. The second kappa shape index (κ2) is 5.77. The molecule has 0 bridgehead atoms. The van der Waals surface area contributed by atoms with Crippen LogP contribution < -0.4 is 10.6 Å². The monoisotopic (exact) mass is 272 g/mol. The van der Waals surface area contributed by atoms with E-state index in [4.69, 9.17) is 5.11 Å². The predicted octanol–water partition coefficient (Wildman–Crippen LogP) is 0.947. The Kier molecular flexibility index (Phi) is 4.79. The molecule has 0 saturated heterocycles. The molecule has 0 aromatic carbocycles. The second-order valence-electron chi connectivity index (χ2n) is 6.12. The summed E-state index contributed by atoms with van der Waals surface area (Å²) in [4.78, 5) is 22.1. The number of amides is 2. The van der Waals surface area contributed by atoms with Gasteiger partial charge in [0, 0.05) is 13.1 Å². The Labute approximate surface area is 113 Å². The van der Waals surface area contributed by atoms with Crippen LogP contribution in [-0.2, 0) is 4.79 Å². The van der Waals surface area contributed by atoms with Crippen molar-refractivity contribution >= 4 is 12.0 Å². The fourth-order valence-corrected chi connectivity index (χ4v) is 2.10. The van der Waals surface area contributed by atoms with Crippen LogP contribution >= 0.6 is 0 Å². The summed E-state index contributed by atoms with van der Waals surface area (Å²) in [6.07, 6.45) is 1.85. The first kappa shape index (κ1) is 15.8. The number of carboxylic acids is 1. The molecule has 0 radical (unpaired) electrons. The molecule has 1 rings (SSSR count). The summed E-state index contributed by atoms with van der Waals surface area (Å²) in [5, 5.41) is 23.6. The first-order valence-corrected chi connectivity index (χ1v) is 6.63. The number of carboxylic acid groups (broad SMARTS) is 1. The second-order valence-corrected chi connectivity index (χ2v) is 6.12. The molecule has 6 nitrogen and oxygen atoms in total. The molecule has 0 heterocycles. The van der Waals surface area contributed by atoms with Crippen molar-refractivity contribution in [3.05, 3.63) is 0 Å². The maximum atomic E-state index is 11.6. The molecule has 0 aromatic rings. The van der Waals surface area contributed by atoms with Gasteiger partial charge in [0.1, 0.15) is 0 Å². The molecule has 0 aliphatic heterocycles. The molecule has 0 aromatic heterocycles. The third-order valence-corrected chi connectivity index (χ3v) is 3.88. The average Bonchev–Trinajstić information content (AvgIpc) is 3.03. The van der Waals surface area contributed by atoms with E-state index in [9.17, 15) is 14.7 Å². The third-order valence-electron chi connectivity index (χ3n) is 3.88. The Balaban J connectivity index is 2.27.